The van der Waals surface area contributed by atoms with Gasteiger partial charge in [-0.3, -0.25) is 25.2 Å². The zero-order valence-electron chi connectivity index (χ0n) is 14.5. The van der Waals surface area contributed by atoms with E-state index in [0.717, 1.165) is 12.0 Å². The van der Waals surface area contributed by atoms with Crippen molar-refractivity contribution in [1.29, 1.82) is 0 Å². The van der Waals surface area contributed by atoms with Crippen molar-refractivity contribution in [3.8, 4) is 0 Å². The Morgan fingerprint density at radius 2 is 1.62 bits per heavy atom. The summed E-state index contributed by atoms with van der Waals surface area (Å²) in [6.07, 6.45) is 0.876. The molecule has 0 aliphatic heterocycles. The molecule has 1 atom stereocenters. The quantitative estimate of drug-likeness (QED) is 0.703. The zero-order chi connectivity index (χ0) is 19.1. The molecule has 0 fully saturated rings. The fraction of sp³-hybridized carbons (Fsp3) is 0.211. The number of hydrogen-bond acceptors (Lipinski definition) is 3. The highest BCUT2D eigenvalue weighted by molar-refractivity contribution is 6.33. The van der Waals surface area contributed by atoms with Crippen LogP contribution in [0.2, 0.25) is 5.02 Å². The van der Waals surface area contributed by atoms with E-state index in [1.54, 1.807) is 36.4 Å². The molecule has 2 aromatic rings. The van der Waals surface area contributed by atoms with Crippen LogP contribution in [0.5, 0.6) is 0 Å². The van der Waals surface area contributed by atoms with Gasteiger partial charge in [0.15, 0.2) is 0 Å². The predicted molar refractivity (Wildman–Crippen MR) is 99.8 cm³/mol. The second kappa shape index (κ2) is 9.01. The smallest absolute Gasteiger partial charge is 0.269 e. The lowest BCUT2D eigenvalue weighted by atomic mass is 10.1. The van der Waals surface area contributed by atoms with Crippen LogP contribution in [-0.2, 0) is 11.2 Å². The molecule has 0 aliphatic rings. The van der Waals surface area contributed by atoms with Crippen molar-refractivity contribution in [2.75, 3.05) is 0 Å². The van der Waals surface area contributed by atoms with Gasteiger partial charge in [0, 0.05) is 5.56 Å². The molecule has 3 amide bonds. The topological polar surface area (TPSA) is 87.3 Å². The van der Waals surface area contributed by atoms with Crippen LogP contribution in [0.1, 0.15) is 40.1 Å². The Balaban J connectivity index is 1.87. The zero-order valence-corrected chi connectivity index (χ0v) is 15.3. The number of nitrogens with one attached hydrogen (secondary N) is 3. The first kappa shape index (κ1) is 19.5. The summed E-state index contributed by atoms with van der Waals surface area (Å²) in [5.41, 5.74) is 6.43. The second-order valence-corrected chi connectivity index (χ2v) is 6.08. The van der Waals surface area contributed by atoms with Crippen LogP contribution in [0.25, 0.3) is 0 Å². The van der Waals surface area contributed by atoms with Crippen molar-refractivity contribution in [3.05, 3.63) is 70.2 Å². The number of carbonyl (C=O) groups is 3. The number of rotatable bonds is 5. The van der Waals surface area contributed by atoms with Crippen LogP contribution in [0, 0.1) is 0 Å². The molecular formula is C19H20ClN3O3. The molecular weight excluding hydrogens is 354 g/mol. The number of halogens is 1. The van der Waals surface area contributed by atoms with Gasteiger partial charge in [0.1, 0.15) is 6.04 Å². The Morgan fingerprint density at radius 3 is 2.23 bits per heavy atom. The molecule has 0 unspecified atom stereocenters. The molecule has 2 aromatic carbocycles. The number of hydrogen-bond donors (Lipinski definition) is 3. The fourth-order valence-electron chi connectivity index (χ4n) is 2.18. The number of amides is 3. The number of benzene rings is 2. The van der Waals surface area contributed by atoms with Crippen molar-refractivity contribution in [1.82, 2.24) is 16.2 Å². The third kappa shape index (κ3) is 5.07. The van der Waals surface area contributed by atoms with E-state index in [0.29, 0.717) is 10.6 Å². The maximum absolute atomic E-state index is 12.1. The first-order valence-electron chi connectivity index (χ1n) is 8.17. The second-order valence-electron chi connectivity index (χ2n) is 5.67. The van der Waals surface area contributed by atoms with Gasteiger partial charge in [-0.1, -0.05) is 42.8 Å². The van der Waals surface area contributed by atoms with Gasteiger partial charge in [0.05, 0.1) is 10.6 Å². The van der Waals surface area contributed by atoms with Crippen molar-refractivity contribution < 1.29 is 14.4 Å². The fourth-order valence-corrected chi connectivity index (χ4v) is 2.40. The highest BCUT2D eigenvalue weighted by Gasteiger charge is 2.18. The standard InChI is InChI=1S/C19H20ClN3O3/c1-3-13-8-10-14(11-9-13)18(25)23-22-17(24)12(2)21-19(26)15-6-4-5-7-16(15)20/h4-12H,3H2,1-2H3,(H,21,26)(H,22,24)(H,23,25)/t12-/m0/s1. The molecule has 7 heteroatoms. The SMILES string of the molecule is CCc1ccc(C(=O)NNC(=O)[C@H](C)NC(=O)c2ccccc2Cl)cc1. The largest absolute Gasteiger partial charge is 0.340 e. The van der Waals surface area contributed by atoms with Crippen LogP contribution in [0.4, 0.5) is 0 Å². The lowest BCUT2D eigenvalue weighted by Gasteiger charge is -2.15. The highest BCUT2D eigenvalue weighted by atomic mass is 35.5. The van der Waals surface area contributed by atoms with E-state index >= 15 is 0 Å². The van der Waals surface area contributed by atoms with Gasteiger partial charge in [-0.05, 0) is 43.2 Å². The summed E-state index contributed by atoms with van der Waals surface area (Å²) >= 11 is 5.96. The summed E-state index contributed by atoms with van der Waals surface area (Å²) in [4.78, 5) is 36.2. The van der Waals surface area contributed by atoms with Crippen LogP contribution in [0.3, 0.4) is 0 Å². The van der Waals surface area contributed by atoms with E-state index in [2.05, 4.69) is 16.2 Å². The Labute approximate surface area is 156 Å². The van der Waals surface area contributed by atoms with Gasteiger partial charge < -0.3 is 5.32 Å². The third-order valence-electron chi connectivity index (χ3n) is 3.78. The molecule has 26 heavy (non-hydrogen) atoms. The first-order chi connectivity index (χ1) is 12.4. The average molecular weight is 374 g/mol. The summed E-state index contributed by atoms with van der Waals surface area (Å²) in [5.74, 6) is -1.46. The van der Waals surface area contributed by atoms with Gasteiger partial charge >= 0.3 is 0 Å². The van der Waals surface area contributed by atoms with Gasteiger partial charge in [0.2, 0.25) is 0 Å². The van der Waals surface area contributed by atoms with Crippen LogP contribution < -0.4 is 16.2 Å². The van der Waals surface area contributed by atoms with E-state index in [9.17, 15) is 14.4 Å². The lowest BCUT2D eigenvalue weighted by Crippen LogP contribution is -2.51. The highest BCUT2D eigenvalue weighted by Crippen LogP contribution is 2.14. The molecule has 0 aliphatic carbocycles. The Morgan fingerprint density at radius 1 is 0.962 bits per heavy atom. The normalized spacial score (nSPS) is 11.3. The third-order valence-corrected chi connectivity index (χ3v) is 4.11. The molecule has 0 radical (unpaired) electrons. The van der Waals surface area contributed by atoms with E-state index in [-0.39, 0.29) is 5.56 Å². The van der Waals surface area contributed by atoms with Crippen molar-refractivity contribution in [2.24, 2.45) is 0 Å². The minimum atomic E-state index is -0.860. The molecule has 0 spiro atoms. The van der Waals surface area contributed by atoms with E-state index in [1.807, 2.05) is 19.1 Å². The monoisotopic (exact) mass is 373 g/mol. The maximum atomic E-state index is 12.1. The lowest BCUT2D eigenvalue weighted by molar-refractivity contribution is -0.123. The summed E-state index contributed by atoms with van der Waals surface area (Å²) in [5, 5.41) is 2.82. The van der Waals surface area contributed by atoms with Gasteiger partial charge in [-0.2, -0.15) is 0 Å². The number of carbonyl (C=O) groups excluding carboxylic acids is 3. The Bertz CT molecular complexity index is 806. The molecule has 6 nitrogen and oxygen atoms in total. The average Bonchev–Trinajstić information content (AvgIpc) is 2.66. The first-order valence-corrected chi connectivity index (χ1v) is 8.54. The molecule has 0 aromatic heterocycles. The Hall–Kier alpha value is -2.86. The minimum Gasteiger partial charge on any atom is -0.340 e. The van der Waals surface area contributed by atoms with Gasteiger partial charge in [0.25, 0.3) is 17.7 Å². The number of aryl methyl sites for hydroxylation is 1. The van der Waals surface area contributed by atoms with Crippen molar-refractivity contribution >= 4 is 29.3 Å². The molecule has 0 saturated carbocycles. The Kier molecular flexibility index (Phi) is 6.74. The van der Waals surface area contributed by atoms with E-state index in [1.165, 1.54) is 6.92 Å². The van der Waals surface area contributed by atoms with Crippen LogP contribution in [-0.4, -0.2) is 23.8 Å². The summed E-state index contributed by atoms with van der Waals surface area (Å²) in [6, 6.07) is 12.7. The molecule has 0 bridgehead atoms. The predicted octanol–water partition coefficient (Wildman–Crippen LogP) is 2.48. The van der Waals surface area contributed by atoms with Gasteiger partial charge in [-0.15, -0.1) is 0 Å². The summed E-state index contributed by atoms with van der Waals surface area (Å²) in [6.45, 7) is 3.53. The van der Waals surface area contributed by atoms with E-state index < -0.39 is 23.8 Å². The van der Waals surface area contributed by atoms with Crippen LogP contribution in [0.15, 0.2) is 48.5 Å². The van der Waals surface area contributed by atoms with Gasteiger partial charge in [-0.25, -0.2) is 0 Å². The van der Waals surface area contributed by atoms with E-state index in [4.69, 9.17) is 11.6 Å². The summed E-state index contributed by atoms with van der Waals surface area (Å²) in [7, 11) is 0. The molecule has 0 heterocycles. The minimum absolute atomic E-state index is 0.272. The molecule has 2 rings (SSSR count). The maximum Gasteiger partial charge on any atom is 0.269 e. The summed E-state index contributed by atoms with van der Waals surface area (Å²) < 4.78 is 0. The molecule has 0 saturated heterocycles. The molecule has 136 valence electrons. The van der Waals surface area contributed by atoms with Crippen molar-refractivity contribution in [2.45, 2.75) is 26.3 Å². The molecule has 3 N–H and O–H groups in total. The number of hydrazine groups is 1. The van der Waals surface area contributed by atoms with Crippen LogP contribution >= 0.6 is 11.6 Å². The van der Waals surface area contributed by atoms with Crippen molar-refractivity contribution in [3.63, 3.8) is 0 Å².